The van der Waals surface area contributed by atoms with Gasteiger partial charge in [-0.25, -0.2) is 9.78 Å². The Kier molecular flexibility index (Phi) is 3.02. The number of rotatable bonds is 5. The molecule has 1 aliphatic rings. The van der Waals surface area contributed by atoms with Gasteiger partial charge in [0.1, 0.15) is 4.88 Å². The minimum atomic E-state index is -0.829. The predicted molar refractivity (Wildman–Crippen MR) is 58.7 cm³/mol. The van der Waals surface area contributed by atoms with E-state index in [2.05, 4.69) is 10.3 Å². The normalized spacial score (nSPS) is 15.5. The summed E-state index contributed by atoms with van der Waals surface area (Å²) in [5, 5.41) is 13.0. The molecule has 15 heavy (non-hydrogen) atoms. The van der Waals surface area contributed by atoms with E-state index in [4.69, 9.17) is 5.11 Å². The second kappa shape index (κ2) is 4.28. The molecule has 1 fully saturated rings. The molecule has 0 saturated heterocycles. The van der Waals surface area contributed by atoms with E-state index < -0.39 is 5.97 Å². The van der Waals surface area contributed by atoms with Gasteiger partial charge >= 0.3 is 5.97 Å². The number of aromatic carboxylic acids is 1. The van der Waals surface area contributed by atoms with Crippen LogP contribution in [0.25, 0.3) is 0 Å². The van der Waals surface area contributed by atoms with Gasteiger partial charge < -0.3 is 10.4 Å². The molecule has 0 atom stereocenters. The summed E-state index contributed by atoms with van der Waals surface area (Å²) in [6.45, 7) is 0.844. The molecular weight excluding hydrogens is 212 g/mol. The highest BCUT2D eigenvalue weighted by atomic mass is 32.1. The van der Waals surface area contributed by atoms with Gasteiger partial charge in [-0.1, -0.05) is 0 Å². The first-order valence-corrected chi connectivity index (χ1v) is 5.91. The van der Waals surface area contributed by atoms with Crippen molar-refractivity contribution < 1.29 is 9.90 Å². The molecule has 5 heteroatoms. The van der Waals surface area contributed by atoms with Gasteiger partial charge in [0.25, 0.3) is 0 Å². The van der Waals surface area contributed by atoms with Gasteiger partial charge in [0.2, 0.25) is 0 Å². The maximum atomic E-state index is 11.0. The summed E-state index contributed by atoms with van der Waals surface area (Å²) in [5.41, 5.74) is 0.818. The first kappa shape index (κ1) is 10.6. The van der Waals surface area contributed by atoms with Crippen molar-refractivity contribution in [3.63, 3.8) is 0 Å². The molecule has 0 aromatic carbocycles. The first-order valence-electron chi connectivity index (χ1n) is 5.10. The van der Waals surface area contributed by atoms with Crippen molar-refractivity contribution in [2.45, 2.75) is 25.2 Å². The van der Waals surface area contributed by atoms with E-state index in [1.54, 1.807) is 0 Å². The molecule has 0 amide bonds. The summed E-state index contributed by atoms with van der Waals surface area (Å²) in [6, 6.07) is 0. The number of nitrogens with one attached hydrogen (secondary N) is 1. The van der Waals surface area contributed by atoms with Gasteiger partial charge in [-0.2, -0.15) is 0 Å². The van der Waals surface area contributed by atoms with Gasteiger partial charge in [0.15, 0.2) is 0 Å². The van der Waals surface area contributed by atoms with Crippen molar-refractivity contribution in [2.75, 3.05) is 13.6 Å². The van der Waals surface area contributed by atoms with Crippen LogP contribution < -0.4 is 5.32 Å². The van der Waals surface area contributed by atoms with E-state index in [1.165, 1.54) is 11.3 Å². The van der Waals surface area contributed by atoms with Gasteiger partial charge in [-0.3, -0.25) is 0 Å². The number of aromatic nitrogens is 1. The van der Waals surface area contributed by atoms with Crippen LogP contribution in [0.1, 0.15) is 39.1 Å². The zero-order valence-corrected chi connectivity index (χ0v) is 9.43. The predicted octanol–water partition coefficient (Wildman–Crippen LogP) is 1.48. The monoisotopic (exact) mass is 226 g/mol. The van der Waals surface area contributed by atoms with Crippen LogP contribution in [-0.4, -0.2) is 29.7 Å². The molecule has 0 aliphatic heterocycles. The molecule has 1 heterocycles. The van der Waals surface area contributed by atoms with Crippen molar-refractivity contribution in [1.29, 1.82) is 0 Å². The molecule has 2 N–H and O–H groups in total. The molecule has 0 unspecified atom stereocenters. The van der Waals surface area contributed by atoms with Crippen LogP contribution in [0.15, 0.2) is 0 Å². The van der Waals surface area contributed by atoms with Crippen LogP contribution in [0.4, 0.5) is 0 Å². The number of hydrogen-bond acceptors (Lipinski definition) is 4. The van der Waals surface area contributed by atoms with Crippen LogP contribution in [0, 0.1) is 0 Å². The average molecular weight is 226 g/mol. The lowest BCUT2D eigenvalue weighted by Crippen LogP contribution is -2.10. The van der Waals surface area contributed by atoms with Gasteiger partial charge in [-0.05, 0) is 19.9 Å². The quantitative estimate of drug-likeness (QED) is 0.798. The highest BCUT2D eigenvalue weighted by molar-refractivity contribution is 7.13. The summed E-state index contributed by atoms with van der Waals surface area (Å²) in [4.78, 5) is 15.9. The van der Waals surface area contributed by atoms with E-state index in [9.17, 15) is 4.79 Å². The van der Waals surface area contributed by atoms with Gasteiger partial charge in [0.05, 0.1) is 10.7 Å². The summed E-state index contributed by atoms with van der Waals surface area (Å²) in [6.07, 6.45) is 3.00. The van der Waals surface area contributed by atoms with E-state index in [0.29, 0.717) is 10.8 Å². The summed E-state index contributed by atoms with van der Waals surface area (Å²) < 4.78 is 0. The third-order valence-corrected chi connectivity index (χ3v) is 3.56. The molecular formula is C10H14N2O2S. The standard InChI is InChI=1S/C10H14N2O2S/c1-11-5-4-7-12-8(6-2-3-6)9(15-7)10(13)14/h6,11H,2-5H2,1H3,(H,13,14). The van der Waals surface area contributed by atoms with Crippen LogP contribution >= 0.6 is 11.3 Å². The molecule has 1 aromatic rings. The van der Waals surface area contributed by atoms with E-state index in [-0.39, 0.29) is 0 Å². The van der Waals surface area contributed by atoms with Crippen molar-refractivity contribution in [3.05, 3.63) is 15.6 Å². The van der Waals surface area contributed by atoms with Crippen LogP contribution in [0.5, 0.6) is 0 Å². The lowest BCUT2D eigenvalue weighted by atomic mass is 10.2. The molecule has 0 radical (unpaired) electrons. The fourth-order valence-corrected chi connectivity index (χ4v) is 2.49. The number of hydrogen-bond donors (Lipinski definition) is 2. The third-order valence-electron chi connectivity index (χ3n) is 2.44. The highest BCUT2D eigenvalue weighted by Gasteiger charge is 2.31. The zero-order valence-electron chi connectivity index (χ0n) is 8.62. The number of thiazole rings is 1. The SMILES string of the molecule is CNCCc1nc(C2CC2)c(C(=O)O)s1. The molecule has 2 rings (SSSR count). The first-order chi connectivity index (χ1) is 7.22. The smallest absolute Gasteiger partial charge is 0.347 e. The molecule has 0 bridgehead atoms. The fraction of sp³-hybridized carbons (Fsp3) is 0.600. The Morgan fingerprint density at radius 1 is 1.67 bits per heavy atom. The Bertz CT molecular complexity index is 371. The Balaban J connectivity index is 2.19. The summed E-state index contributed by atoms with van der Waals surface area (Å²) in [5.74, 6) is -0.416. The second-order valence-corrected chi connectivity index (χ2v) is 4.84. The minimum absolute atomic E-state index is 0.413. The lowest BCUT2D eigenvalue weighted by Gasteiger charge is -1.93. The Labute approximate surface area is 92.3 Å². The maximum absolute atomic E-state index is 11.0. The van der Waals surface area contributed by atoms with Crippen molar-refractivity contribution in [3.8, 4) is 0 Å². The second-order valence-electron chi connectivity index (χ2n) is 3.75. The van der Waals surface area contributed by atoms with Crippen LogP contribution in [0.2, 0.25) is 0 Å². The maximum Gasteiger partial charge on any atom is 0.347 e. The molecule has 0 spiro atoms. The Hall–Kier alpha value is -0.940. The summed E-state index contributed by atoms with van der Waals surface area (Å²) >= 11 is 1.33. The number of nitrogens with zero attached hydrogens (tertiary/aromatic N) is 1. The topological polar surface area (TPSA) is 62.2 Å². The van der Waals surface area contributed by atoms with Crippen LogP contribution in [-0.2, 0) is 6.42 Å². The number of carboxylic acids is 1. The lowest BCUT2D eigenvalue weighted by molar-refractivity contribution is 0.0700. The van der Waals surface area contributed by atoms with E-state index >= 15 is 0 Å². The number of likely N-dealkylation sites (N-methyl/N-ethyl adjacent to an activating group) is 1. The molecule has 1 aromatic heterocycles. The largest absolute Gasteiger partial charge is 0.477 e. The van der Waals surface area contributed by atoms with Crippen molar-refractivity contribution in [2.24, 2.45) is 0 Å². The van der Waals surface area contributed by atoms with Crippen molar-refractivity contribution in [1.82, 2.24) is 10.3 Å². The number of carbonyl (C=O) groups is 1. The minimum Gasteiger partial charge on any atom is -0.477 e. The number of carboxylic acid groups (broad SMARTS) is 1. The molecule has 1 aliphatic carbocycles. The molecule has 4 nitrogen and oxygen atoms in total. The Morgan fingerprint density at radius 3 is 2.93 bits per heavy atom. The average Bonchev–Trinajstić information content (AvgIpc) is 2.95. The van der Waals surface area contributed by atoms with Crippen molar-refractivity contribution >= 4 is 17.3 Å². The molecule has 82 valence electrons. The zero-order chi connectivity index (χ0) is 10.8. The van der Waals surface area contributed by atoms with E-state index in [1.807, 2.05) is 7.05 Å². The molecule has 1 saturated carbocycles. The van der Waals surface area contributed by atoms with Gasteiger partial charge in [0, 0.05) is 18.9 Å². The van der Waals surface area contributed by atoms with E-state index in [0.717, 1.165) is 36.5 Å². The summed E-state index contributed by atoms with van der Waals surface area (Å²) in [7, 11) is 1.88. The van der Waals surface area contributed by atoms with Gasteiger partial charge in [-0.15, -0.1) is 11.3 Å². The third kappa shape index (κ3) is 2.35. The fourth-order valence-electron chi connectivity index (χ4n) is 1.50. The Morgan fingerprint density at radius 2 is 2.40 bits per heavy atom. The van der Waals surface area contributed by atoms with Crippen LogP contribution in [0.3, 0.4) is 0 Å². The highest BCUT2D eigenvalue weighted by Crippen LogP contribution is 2.42.